The molecule has 0 aliphatic heterocycles. The molecule has 0 aliphatic carbocycles. The standard InChI is InChI=1S/C5H7N3O2/c1-2-4-3-6-5(7-4)8(9)10/h3H,2H2,1H3,(H,6,7). The van der Waals surface area contributed by atoms with Gasteiger partial charge in [0.2, 0.25) is 0 Å². The van der Waals surface area contributed by atoms with E-state index in [1.807, 2.05) is 6.92 Å². The fourth-order valence-electron chi connectivity index (χ4n) is 0.620. The Bertz CT molecular complexity index is 243. The minimum Gasteiger partial charge on any atom is -0.390 e. The predicted octanol–water partition coefficient (Wildman–Crippen LogP) is 0.880. The van der Waals surface area contributed by atoms with E-state index >= 15 is 0 Å². The van der Waals surface area contributed by atoms with Crippen LogP contribution in [0.5, 0.6) is 0 Å². The van der Waals surface area contributed by atoms with E-state index in [2.05, 4.69) is 9.97 Å². The Hall–Kier alpha value is -1.39. The van der Waals surface area contributed by atoms with Crippen molar-refractivity contribution in [3.05, 3.63) is 22.0 Å². The molecule has 54 valence electrons. The zero-order valence-electron chi connectivity index (χ0n) is 5.50. The minimum absolute atomic E-state index is 0.183. The molecule has 0 unspecified atom stereocenters. The third-order valence-corrected chi connectivity index (χ3v) is 1.17. The quantitative estimate of drug-likeness (QED) is 0.490. The van der Waals surface area contributed by atoms with Crippen LogP contribution in [0.1, 0.15) is 12.6 Å². The van der Waals surface area contributed by atoms with Gasteiger partial charge in [-0.25, -0.2) is 4.98 Å². The largest absolute Gasteiger partial charge is 0.432 e. The van der Waals surface area contributed by atoms with E-state index in [1.165, 1.54) is 6.20 Å². The highest BCUT2D eigenvalue weighted by Gasteiger charge is 2.07. The van der Waals surface area contributed by atoms with Crippen LogP contribution in [0.3, 0.4) is 0 Å². The second-order valence-electron chi connectivity index (χ2n) is 1.84. The summed E-state index contributed by atoms with van der Waals surface area (Å²) >= 11 is 0. The Morgan fingerprint density at radius 3 is 2.90 bits per heavy atom. The molecule has 1 aromatic heterocycles. The molecule has 0 aliphatic rings. The first-order chi connectivity index (χ1) is 4.74. The van der Waals surface area contributed by atoms with Crippen molar-refractivity contribution in [3.63, 3.8) is 0 Å². The monoisotopic (exact) mass is 141 g/mol. The SMILES string of the molecule is CCc1cnc([N+](=O)[O-])[nH]1. The van der Waals surface area contributed by atoms with E-state index in [0.717, 1.165) is 12.1 Å². The number of nitrogens with zero attached hydrogens (tertiary/aromatic N) is 2. The summed E-state index contributed by atoms with van der Waals surface area (Å²) in [6.07, 6.45) is 2.21. The van der Waals surface area contributed by atoms with Crippen molar-refractivity contribution in [2.24, 2.45) is 0 Å². The molecule has 5 nitrogen and oxygen atoms in total. The summed E-state index contributed by atoms with van der Waals surface area (Å²) in [5, 5.41) is 10.0. The Balaban J connectivity index is 2.88. The highest BCUT2D eigenvalue weighted by molar-refractivity contribution is 5.10. The van der Waals surface area contributed by atoms with Crippen LogP contribution in [0.25, 0.3) is 0 Å². The lowest BCUT2D eigenvalue weighted by Crippen LogP contribution is -1.89. The van der Waals surface area contributed by atoms with E-state index in [1.54, 1.807) is 0 Å². The number of H-pyrrole nitrogens is 1. The Morgan fingerprint density at radius 2 is 2.60 bits per heavy atom. The summed E-state index contributed by atoms with van der Waals surface area (Å²) in [7, 11) is 0. The van der Waals surface area contributed by atoms with Crippen LogP contribution in [0, 0.1) is 10.1 Å². The van der Waals surface area contributed by atoms with Crippen LogP contribution < -0.4 is 0 Å². The number of rotatable bonds is 2. The summed E-state index contributed by atoms with van der Waals surface area (Å²) in [4.78, 5) is 15.6. The van der Waals surface area contributed by atoms with Crippen LogP contribution in [0.4, 0.5) is 5.95 Å². The van der Waals surface area contributed by atoms with Gasteiger partial charge in [-0.3, -0.25) is 0 Å². The van der Waals surface area contributed by atoms with Gasteiger partial charge in [0.05, 0.1) is 0 Å². The Labute approximate surface area is 57.2 Å². The average Bonchev–Trinajstić information content (AvgIpc) is 2.34. The van der Waals surface area contributed by atoms with Gasteiger partial charge in [0.15, 0.2) is 0 Å². The molecule has 0 bridgehead atoms. The van der Waals surface area contributed by atoms with Crippen molar-refractivity contribution in [1.29, 1.82) is 0 Å². The van der Waals surface area contributed by atoms with Crippen LogP contribution in [-0.4, -0.2) is 14.9 Å². The molecule has 0 atom stereocenters. The van der Waals surface area contributed by atoms with Crippen molar-refractivity contribution < 1.29 is 4.92 Å². The first-order valence-corrected chi connectivity index (χ1v) is 2.92. The van der Waals surface area contributed by atoms with Gasteiger partial charge < -0.3 is 10.1 Å². The third-order valence-electron chi connectivity index (χ3n) is 1.17. The molecule has 0 saturated heterocycles. The number of hydrogen-bond donors (Lipinski definition) is 1. The molecule has 1 heterocycles. The smallest absolute Gasteiger partial charge is 0.390 e. The van der Waals surface area contributed by atoms with E-state index in [0.29, 0.717) is 0 Å². The third kappa shape index (κ3) is 1.12. The highest BCUT2D eigenvalue weighted by Crippen LogP contribution is 2.04. The number of nitro groups is 1. The predicted molar refractivity (Wildman–Crippen MR) is 34.6 cm³/mol. The lowest BCUT2D eigenvalue weighted by molar-refractivity contribution is -0.393. The van der Waals surface area contributed by atoms with Gasteiger partial charge in [-0.15, -0.1) is 0 Å². The molecule has 0 amide bonds. The molecule has 0 spiro atoms. The van der Waals surface area contributed by atoms with Crippen LogP contribution >= 0.6 is 0 Å². The van der Waals surface area contributed by atoms with E-state index in [9.17, 15) is 10.1 Å². The molecule has 1 N–H and O–H groups in total. The molecular weight excluding hydrogens is 134 g/mol. The maximum Gasteiger partial charge on any atom is 0.432 e. The molecule has 10 heavy (non-hydrogen) atoms. The molecule has 0 saturated carbocycles. The molecule has 0 aromatic carbocycles. The lowest BCUT2D eigenvalue weighted by atomic mass is 10.4. The number of aromatic nitrogens is 2. The fourth-order valence-corrected chi connectivity index (χ4v) is 0.620. The number of aryl methyl sites for hydroxylation is 1. The zero-order chi connectivity index (χ0) is 7.56. The number of aromatic amines is 1. The number of hydrogen-bond acceptors (Lipinski definition) is 3. The maximum atomic E-state index is 10.0. The van der Waals surface area contributed by atoms with Crippen molar-refractivity contribution in [2.45, 2.75) is 13.3 Å². The lowest BCUT2D eigenvalue weighted by Gasteiger charge is -1.85. The molecule has 1 aromatic rings. The summed E-state index contributed by atoms with van der Waals surface area (Å²) < 4.78 is 0. The van der Waals surface area contributed by atoms with Gasteiger partial charge in [0.1, 0.15) is 11.9 Å². The van der Waals surface area contributed by atoms with Crippen molar-refractivity contribution >= 4 is 5.95 Å². The van der Waals surface area contributed by atoms with E-state index in [-0.39, 0.29) is 5.95 Å². The number of imidazole rings is 1. The van der Waals surface area contributed by atoms with Gasteiger partial charge in [0.25, 0.3) is 0 Å². The molecule has 5 heteroatoms. The van der Waals surface area contributed by atoms with Crippen LogP contribution in [0.15, 0.2) is 6.20 Å². The normalized spacial score (nSPS) is 9.70. The van der Waals surface area contributed by atoms with Crippen molar-refractivity contribution in [3.8, 4) is 0 Å². The van der Waals surface area contributed by atoms with Gasteiger partial charge in [-0.2, -0.15) is 0 Å². The van der Waals surface area contributed by atoms with Crippen LogP contribution in [-0.2, 0) is 6.42 Å². The molecule has 0 radical (unpaired) electrons. The first kappa shape index (κ1) is 6.73. The summed E-state index contributed by atoms with van der Waals surface area (Å²) in [5.74, 6) is -0.183. The highest BCUT2D eigenvalue weighted by atomic mass is 16.6. The summed E-state index contributed by atoms with van der Waals surface area (Å²) in [6.45, 7) is 1.90. The second-order valence-corrected chi connectivity index (χ2v) is 1.84. The minimum atomic E-state index is -0.542. The summed E-state index contributed by atoms with van der Waals surface area (Å²) in [6, 6.07) is 0. The van der Waals surface area contributed by atoms with Gasteiger partial charge in [0, 0.05) is 6.42 Å². The zero-order valence-corrected chi connectivity index (χ0v) is 5.50. The van der Waals surface area contributed by atoms with Gasteiger partial charge in [-0.05, 0) is 4.92 Å². The second kappa shape index (κ2) is 2.47. The van der Waals surface area contributed by atoms with Crippen molar-refractivity contribution in [2.75, 3.05) is 0 Å². The topological polar surface area (TPSA) is 71.8 Å². The summed E-state index contributed by atoms with van der Waals surface area (Å²) in [5.41, 5.74) is 0.784. The van der Waals surface area contributed by atoms with E-state index in [4.69, 9.17) is 0 Å². The Morgan fingerprint density at radius 1 is 1.90 bits per heavy atom. The molecule has 0 fully saturated rings. The van der Waals surface area contributed by atoms with E-state index < -0.39 is 4.92 Å². The molecule has 1 rings (SSSR count). The van der Waals surface area contributed by atoms with Gasteiger partial charge in [-0.1, -0.05) is 11.9 Å². The number of nitrogens with one attached hydrogen (secondary N) is 1. The first-order valence-electron chi connectivity index (χ1n) is 2.92. The van der Waals surface area contributed by atoms with Crippen molar-refractivity contribution in [1.82, 2.24) is 9.97 Å². The average molecular weight is 141 g/mol. The fraction of sp³-hybridized carbons (Fsp3) is 0.400. The van der Waals surface area contributed by atoms with Gasteiger partial charge >= 0.3 is 5.95 Å². The maximum absolute atomic E-state index is 10.0. The Kier molecular flexibility index (Phi) is 1.66. The molecular formula is C5H7N3O2. The van der Waals surface area contributed by atoms with Crippen LogP contribution in [0.2, 0.25) is 0 Å².